The number of hydrogen-bond acceptors (Lipinski definition) is 5. The molecule has 0 unspecified atom stereocenters. The lowest BCUT2D eigenvalue weighted by atomic mass is 10.1. The highest BCUT2D eigenvalue weighted by molar-refractivity contribution is 6.09. The minimum atomic E-state index is -0.420. The summed E-state index contributed by atoms with van der Waals surface area (Å²) >= 11 is 0. The van der Waals surface area contributed by atoms with Gasteiger partial charge < -0.3 is 10.2 Å². The van der Waals surface area contributed by atoms with Crippen LogP contribution in [0.5, 0.6) is 0 Å². The van der Waals surface area contributed by atoms with Gasteiger partial charge in [0.15, 0.2) is 5.82 Å². The molecule has 4 rings (SSSR count). The van der Waals surface area contributed by atoms with E-state index < -0.39 is 5.82 Å². The number of rotatable bonds is 4. The molecular formula is C21H23FN6O. The average molecular weight is 394 g/mol. The number of aromatic amines is 1. The van der Waals surface area contributed by atoms with E-state index in [0.29, 0.717) is 28.5 Å². The van der Waals surface area contributed by atoms with Gasteiger partial charge in [-0.1, -0.05) is 0 Å². The zero-order chi connectivity index (χ0) is 20.4. The molecule has 8 heteroatoms. The number of piperidine rings is 1. The molecule has 2 aromatic heterocycles. The number of carbonyl (C=O) groups is 1. The van der Waals surface area contributed by atoms with Crippen LogP contribution < -0.4 is 10.2 Å². The number of nitrogens with zero attached hydrogens (tertiary/aromatic N) is 4. The van der Waals surface area contributed by atoms with E-state index in [1.54, 1.807) is 0 Å². The van der Waals surface area contributed by atoms with E-state index in [9.17, 15) is 9.18 Å². The molecular weight excluding hydrogens is 371 g/mol. The van der Waals surface area contributed by atoms with Crippen molar-refractivity contribution in [1.82, 2.24) is 20.2 Å². The van der Waals surface area contributed by atoms with E-state index in [1.165, 1.54) is 30.9 Å². The first-order valence-electron chi connectivity index (χ1n) is 9.73. The van der Waals surface area contributed by atoms with Gasteiger partial charge in [0.25, 0.3) is 5.91 Å². The molecule has 3 heterocycles. The molecule has 1 saturated heterocycles. The Balaban J connectivity index is 1.70. The summed E-state index contributed by atoms with van der Waals surface area (Å²) in [4.78, 5) is 24.2. The van der Waals surface area contributed by atoms with Crippen molar-refractivity contribution < 1.29 is 9.18 Å². The summed E-state index contributed by atoms with van der Waals surface area (Å²) in [6, 6.07) is 6.03. The summed E-state index contributed by atoms with van der Waals surface area (Å²) in [7, 11) is 0. The van der Waals surface area contributed by atoms with Crippen LogP contribution in [0.25, 0.3) is 11.4 Å². The van der Waals surface area contributed by atoms with Crippen LogP contribution in [-0.2, 0) is 0 Å². The van der Waals surface area contributed by atoms with Gasteiger partial charge in [0.1, 0.15) is 18.0 Å². The Hall–Kier alpha value is -3.29. The van der Waals surface area contributed by atoms with Gasteiger partial charge in [-0.25, -0.2) is 14.4 Å². The maximum atomic E-state index is 13.8. The number of pyridine rings is 1. The van der Waals surface area contributed by atoms with Crippen LogP contribution >= 0.6 is 0 Å². The molecule has 0 spiro atoms. The van der Waals surface area contributed by atoms with Crippen LogP contribution in [-0.4, -0.2) is 39.2 Å². The Morgan fingerprint density at radius 1 is 1.17 bits per heavy atom. The minimum absolute atomic E-state index is 0.284. The number of aryl methyl sites for hydroxylation is 2. The standard InChI is InChI=1S/C21H23FN6O/c1-13-10-17(20(25-14(13)2)28-8-4-3-5-9-28)21(29)26-18-7-6-15(22)11-16(18)19-23-12-24-27-19/h6-7,10-12H,3-5,8-9H2,1-2H3,(H,26,29)(H,23,24,27). The molecule has 7 nitrogen and oxygen atoms in total. The van der Waals surface area contributed by atoms with E-state index in [0.717, 1.165) is 37.2 Å². The largest absolute Gasteiger partial charge is 0.356 e. The first kappa shape index (κ1) is 19.0. The SMILES string of the molecule is Cc1cc(C(=O)Nc2ccc(F)cc2-c2ncn[nH]2)c(N2CCCCC2)nc1C. The highest BCUT2D eigenvalue weighted by Gasteiger charge is 2.22. The molecule has 0 radical (unpaired) electrons. The molecule has 1 aromatic carbocycles. The fraction of sp³-hybridized carbons (Fsp3) is 0.333. The number of hydrogen-bond donors (Lipinski definition) is 2. The van der Waals surface area contributed by atoms with Gasteiger partial charge in [0, 0.05) is 24.3 Å². The molecule has 2 N–H and O–H groups in total. The first-order valence-corrected chi connectivity index (χ1v) is 9.73. The van der Waals surface area contributed by atoms with Crippen molar-refractivity contribution in [2.24, 2.45) is 0 Å². The summed E-state index contributed by atoms with van der Waals surface area (Å²) in [6.45, 7) is 5.66. The molecule has 0 bridgehead atoms. The fourth-order valence-electron chi connectivity index (χ4n) is 3.55. The third kappa shape index (κ3) is 3.96. The van der Waals surface area contributed by atoms with Crippen LogP contribution in [0.1, 0.15) is 40.9 Å². The summed E-state index contributed by atoms with van der Waals surface area (Å²) in [5.41, 5.74) is 3.27. The second-order valence-corrected chi connectivity index (χ2v) is 7.29. The van der Waals surface area contributed by atoms with Crippen LogP contribution in [0.15, 0.2) is 30.6 Å². The molecule has 0 aliphatic carbocycles. The molecule has 3 aromatic rings. The quantitative estimate of drug-likeness (QED) is 0.702. The van der Waals surface area contributed by atoms with Crippen LogP contribution in [0, 0.1) is 19.7 Å². The Kier molecular flexibility index (Phi) is 5.24. The van der Waals surface area contributed by atoms with E-state index in [4.69, 9.17) is 4.98 Å². The van der Waals surface area contributed by atoms with Crippen molar-refractivity contribution in [3.8, 4) is 11.4 Å². The summed E-state index contributed by atoms with van der Waals surface area (Å²) in [5.74, 6) is 0.382. The van der Waals surface area contributed by atoms with Gasteiger partial charge >= 0.3 is 0 Å². The van der Waals surface area contributed by atoms with Crippen molar-refractivity contribution in [3.05, 3.63) is 53.2 Å². The minimum Gasteiger partial charge on any atom is -0.356 e. The maximum Gasteiger partial charge on any atom is 0.259 e. The third-order valence-electron chi connectivity index (χ3n) is 5.25. The zero-order valence-electron chi connectivity index (χ0n) is 16.5. The van der Waals surface area contributed by atoms with Crippen molar-refractivity contribution >= 4 is 17.4 Å². The molecule has 1 aliphatic rings. The highest BCUT2D eigenvalue weighted by atomic mass is 19.1. The van der Waals surface area contributed by atoms with Gasteiger partial charge in [0.2, 0.25) is 0 Å². The van der Waals surface area contributed by atoms with Crippen molar-refractivity contribution in [2.45, 2.75) is 33.1 Å². The summed E-state index contributed by atoms with van der Waals surface area (Å²) in [5, 5.41) is 9.44. The Morgan fingerprint density at radius 3 is 2.69 bits per heavy atom. The molecule has 1 fully saturated rings. The lowest BCUT2D eigenvalue weighted by molar-refractivity contribution is 0.102. The Labute approximate surface area is 168 Å². The molecule has 0 atom stereocenters. The van der Waals surface area contributed by atoms with Crippen molar-refractivity contribution in [1.29, 1.82) is 0 Å². The van der Waals surface area contributed by atoms with Crippen molar-refractivity contribution in [3.63, 3.8) is 0 Å². The smallest absolute Gasteiger partial charge is 0.259 e. The average Bonchev–Trinajstić information content (AvgIpc) is 3.26. The first-order chi connectivity index (χ1) is 14.0. The molecule has 1 amide bonds. The summed E-state index contributed by atoms with van der Waals surface area (Å²) in [6.07, 6.45) is 4.71. The van der Waals surface area contributed by atoms with Crippen LogP contribution in [0.4, 0.5) is 15.9 Å². The van der Waals surface area contributed by atoms with Gasteiger partial charge in [0.05, 0.1) is 11.3 Å². The summed E-state index contributed by atoms with van der Waals surface area (Å²) < 4.78 is 13.8. The highest BCUT2D eigenvalue weighted by Crippen LogP contribution is 2.29. The Morgan fingerprint density at radius 2 is 1.97 bits per heavy atom. The number of halogens is 1. The van der Waals surface area contributed by atoms with E-state index >= 15 is 0 Å². The van der Waals surface area contributed by atoms with E-state index in [1.807, 2.05) is 19.9 Å². The second-order valence-electron chi connectivity index (χ2n) is 7.29. The van der Waals surface area contributed by atoms with Gasteiger partial charge in [-0.05, 0) is 62.9 Å². The third-order valence-corrected chi connectivity index (χ3v) is 5.25. The normalized spacial score (nSPS) is 14.1. The van der Waals surface area contributed by atoms with Gasteiger partial charge in [-0.2, -0.15) is 5.10 Å². The predicted molar refractivity (Wildman–Crippen MR) is 110 cm³/mol. The Bertz CT molecular complexity index is 1030. The number of carbonyl (C=O) groups excluding carboxylic acids is 1. The maximum absolute atomic E-state index is 13.8. The number of aromatic nitrogens is 4. The van der Waals surface area contributed by atoms with Gasteiger partial charge in [-0.3, -0.25) is 9.89 Å². The fourth-order valence-corrected chi connectivity index (χ4v) is 3.55. The molecule has 29 heavy (non-hydrogen) atoms. The van der Waals surface area contributed by atoms with Crippen LogP contribution in [0.2, 0.25) is 0 Å². The number of amides is 1. The van der Waals surface area contributed by atoms with E-state index in [-0.39, 0.29) is 5.91 Å². The topological polar surface area (TPSA) is 86.8 Å². The zero-order valence-corrected chi connectivity index (χ0v) is 16.5. The lowest BCUT2D eigenvalue weighted by Gasteiger charge is -2.29. The predicted octanol–water partition coefficient (Wildman–Crippen LogP) is 3.87. The number of H-pyrrole nitrogens is 1. The van der Waals surface area contributed by atoms with Crippen molar-refractivity contribution in [2.75, 3.05) is 23.3 Å². The molecule has 0 saturated carbocycles. The van der Waals surface area contributed by atoms with Gasteiger partial charge in [-0.15, -0.1) is 0 Å². The lowest BCUT2D eigenvalue weighted by Crippen LogP contribution is -2.32. The molecule has 1 aliphatic heterocycles. The number of nitrogens with one attached hydrogen (secondary N) is 2. The second kappa shape index (κ2) is 7.98. The molecule has 150 valence electrons. The van der Waals surface area contributed by atoms with E-state index in [2.05, 4.69) is 25.4 Å². The monoisotopic (exact) mass is 394 g/mol. The van der Waals surface area contributed by atoms with Crippen LogP contribution in [0.3, 0.4) is 0 Å². The number of benzene rings is 1. The number of anilines is 2.